The van der Waals surface area contributed by atoms with Crippen LogP contribution < -0.4 is 5.73 Å². The quantitative estimate of drug-likeness (QED) is 0.761. The number of nitrogens with one attached hydrogen (secondary N) is 1. The molecule has 0 saturated heterocycles. The minimum absolute atomic E-state index is 0.0300. The molecule has 1 unspecified atom stereocenters. The molecule has 3 heteroatoms. The van der Waals surface area contributed by atoms with Crippen molar-refractivity contribution in [2.75, 3.05) is 0 Å². The van der Waals surface area contributed by atoms with Crippen LogP contribution in [0.4, 0.5) is 0 Å². The van der Waals surface area contributed by atoms with Gasteiger partial charge in [0.05, 0.1) is 11.2 Å². The van der Waals surface area contributed by atoms with Crippen molar-refractivity contribution in [3.63, 3.8) is 0 Å². The van der Waals surface area contributed by atoms with E-state index in [-0.39, 0.29) is 6.04 Å². The van der Waals surface area contributed by atoms with E-state index in [0.29, 0.717) is 5.92 Å². The van der Waals surface area contributed by atoms with E-state index < -0.39 is 0 Å². The van der Waals surface area contributed by atoms with Gasteiger partial charge in [0.1, 0.15) is 0 Å². The van der Waals surface area contributed by atoms with Gasteiger partial charge in [-0.05, 0) is 12.0 Å². The van der Waals surface area contributed by atoms with Gasteiger partial charge in [-0.15, -0.1) is 0 Å². The molecule has 0 amide bonds. The van der Waals surface area contributed by atoms with Crippen LogP contribution in [0, 0.1) is 5.92 Å². The number of fused-ring (bicyclic) bond motifs is 1. The number of aromatic nitrogens is 2. The van der Waals surface area contributed by atoms with E-state index in [4.69, 9.17) is 5.73 Å². The van der Waals surface area contributed by atoms with E-state index >= 15 is 0 Å². The summed E-state index contributed by atoms with van der Waals surface area (Å²) in [6.07, 6.45) is 0. The van der Waals surface area contributed by atoms with E-state index in [1.807, 2.05) is 18.2 Å². The molecule has 0 saturated carbocycles. The molecular formula is C11H15N3. The standard InChI is InChI=1S/C11H15N3/c1-7(2)10(12)11-8-5-3-4-6-9(8)13-14-11/h3-7,10H,12H2,1-2H3,(H,13,14). The highest BCUT2D eigenvalue weighted by molar-refractivity contribution is 5.81. The molecule has 1 heterocycles. The highest BCUT2D eigenvalue weighted by Gasteiger charge is 2.15. The van der Waals surface area contributed by atoms with Crippen molar-refractivity contribution < 1.29 is 0 Å². The minimum atomic E-state index is 0.0300. The highest BCUT2D eigenvalue weighted by Crippen LogP contribution is 2.24. The van der Waals surface area contributed by atoms with Gasteiger partial charge < -0.3 is 5.73 Å². The molecule has 2 rings (SSSR count). The summed E-state index contributed by atoms with van der Waals surface area (Å²) in [5, 5.41) is 8.37. The largest absolute Gasteiger partial charge is 0.322 e. The normalized spacial score (nSPS) is 13.7. The van der Waals surface area contributed by atoms with E-state index in [2.05, 4.69) is 30.1 Å². The fourth-order valence-corrected chi connectivity index (χ4v) is 1.57. The van der Waals surface area contributed by atoms with Gasteiger partial charge in [-0.1, -0.05) is 32.0 Å². The third kappa shape index (κ3) is 1.40. The van der Waals surface area contributed by atoms with Gasteiger partial charge in [-0.2, -0.15) is 5.10 Å². The Hall–Kier alpha value is -1.35. The third-order valence-corrected chi connectivity index (χ3v) is 2.54. The number of nitrogens with two attached hydrogens (primary N) is 1. The summed E-state index contributed by atoms with van der Waals surface area (Å²) in [5.41, 5.74) is 8.10. The molecular weight excluding hydrogens is 174 g/mol. The van der Waals surface area contributed by atoms with E-state index in [9.17, 15) is 0 Å². The Morgan fingerprint density at radius 2 is 2.00 bits per heavy atom. The van der Waals surface area contributed by atoms with Crippen molar-refractivity contribution in [1.82, 2.24) is 10.2 Å². The lowest BCUT2D eigenvalue weighted by Gasteiger charge is -2.13. The van der Waals surface area contributed by atoms with Gasteiger partial charge in [-0.25, -0.2) is 0 Å². The molecule has 0 aliphatic heterocycles. The zero-order valence-corrected chi connectivity index (χ0v) is 8.49. The summed E-state index contributed by atoms with van der Waals surface area (Å²) in [6, 6.07) is 8.06. The summed E-state index contributed by atoms with van der Waals surface area (Å²) >= 11 is 0. The van der Waals surface area contributed by atoms with Gasteiger partial charge in [0.2, 0.25) is 0 Å². The predicted molar refractivity (Wildman–Crippen MR) is 57.9 cm³/mol. The fourth-order valence-electron chi connectivity index (χ4n) is 1.57. The number of benzene rings is 1. The van der Waals surface area contributed by atoms with Crippen LogP contribution in [0.2, 0.25) is 0 Å². The third-order valence-electron chi connectivity index (χ3n) is 2.54. The van der Waals surface area contributed by atoms with Gasteiger partial charge in [-0.3, -0.25) is 5.10 Å². The van der Waals surface area contributed by atoms with Crippen LogP contribution in [0.3, 0.4) is 0 Å². The smallest absolute Gasteiger partial charge is 0.0924 e. The zero-order valence-electron chi connectivity index (χ0n) is 8.49. The molecule has 3 nitrogen and oxygen atoms in total. The van der Waals surface area contributed by atoms with Gasteiger partial charge in [0, 0.05) is 11.4 Å². The lowest BCUT2D eigenvalue weighted by Crippen LogP contribution is -2.17. The molecule has 0 aliphatic carbocycles. The first-order valence-corrected chi connectivity index (χ1v) is 4.88. The summed E-state index contributed by atoms with van der Waals surface area (Å²) in [7, 11) is 0. The second kappa shape index (κ2) is 3.42. The van der Waals surface area contributed by atoms with Crippen LogP contribution in [0.25, 0.3) is 10.9 Å². The molecule has 0 bridgehead atoms. The van der Waals surface area contributed by atoms with Crippen LogP contribution in [0.5, 0.6) is 0 Å². The number of H-pyrrole nitrogens is 1. The lowest BCUT2D eigenvalue weighted by molar-refractivity contribution is 0.505. The molecule has 0 spiro atoms. The molecule has 0 fully saturated rings. The average molecular weight is 189 g/mol. The second-order valence-electron chi connectivity index (χ2n) is 3.92. The van der Waals surface area contributed by atoms with Crippen molar-refractivity contribution in [1.29, 1.82) is 0 Å². The topological polar surface area (TPSA) is 54.7 Å². The summed E-state index contributed by atoms with van der Waals surface area (Å²) in [4.78, 5) is 0. The van der Waals surface area contributed by atoms with Crippen LogP contribution in [0.1, 0.15) is 25.6 Å². The Morgan fingerprint density at radius 3 is 2.71 bits per heavy atom. The maximum atomic E-state index is 6.08. The summed E-state index contributed by atoms with van der Waals surface area (Å²) < 4.78 is 0. The van der Waals surface area contributed by atoms with Crippen LogP contribution in [-0.4, -0.2) is 10.2 Å². The molecule has 2 aromatic rings. The Kier molecular flexibility index (Phi) is 2.25. The predicted octanol–water partition coefficient (Wildman–Crippen LogP) is 2.22. The van der Waals surface area contributed by atoms with Gasteiger partial charge >= 0.3 is 0 Å². The van der Waals surface area contributed by atoms with Crippen LogP contribution in [-0.2, 0) is 0 Å². The number of aromatic amines is 1. The molecule has 74 valence electrons. The maximum Gasteiger partial charge on any atom is 0.0924 e. The van der Waals surface area contributed by atoms with Crippen molar-refractivity contribution >= 4 is 10.9 Å². The van der Waals surface area contributed by atoms with Gasteiger partial charge in [0.15, 0.2) is 0 Å². The first kappa shape index (κ1) is 9.21. The average Bonchev–Trinajstić information content (AvgIpc) is 2.60. The number of rotatable bonds is 2. The molecule has 0 aliphatic rings. The first-order valence-electron chi connectivity index (χ1n) is 4.88. The first-order chi connectivity index (χ1) is 6.70. The second-order valence-corrected chi connectivity index (χ2v) is 3.92. The Bertz CT molecular complexity index is 431. The van der Waals surface area contributed by atoms with E-state index in [1.54, 1.807) is 0 Å². The van der Waals surface area contributed by atoms with Crippen molar-refractivity contribution in [3.8, 4) is 0 Å². The number of nitrogens with zero attached hydrogens (tertiary/aromatic N) is 1. The number of hydrogen-bond donors (Lipinski definition) is 2. The molecule has 0 radical (unpaired) electrons. The Morgan fingerprint density at radius 1 is 1.29 bits per heavy atom. The lowest BCUT2D eigenvalue weighted by atomic mass is 10.00. The molecule has 1 aromatic carbocycles. The zero-order chi connectivity index (χ0) is 10.1. The van der Waals surface area contributed by atoms with E-state index in [1.165, 1.54) is 0 Å². The Labute approximate surface area is 83.3 Å². The van der Waals surface area contributed by atoms with Gasteiger partial charge in [0.25, 0.3) is 0 Å². The van der Waals surface area contributed by atoms with E-state index in [0.717, 1.165) is 16.6 Å². The molecule has 1 aromatic heterocycles. The molecule has 3 N–H and O–H groups in total. The number of hydrogen-bond acceptors (Lipinski definition) is 2. The summed E-state index contributed by atoms with van der Waals surface area (Å²) in [5.74, 6) is 0.416. The van der Waals surface area contributed by atoms with Crippen molar-refractivity contribution in [2.24, 2.45) is 11.7 Å². The molecule has 1 atom stereocenters. The minimum Gasteiger partial charge on any atom is -0.322 e. The van der Waals surface area contributed by atoms with Crippen molar-refractivity contribution in [2.45, 2.75) is 19.9 Å². The summed E-state index contributed by atoms with van der Waals surface area (Å²) in [6.45, 7) is 4.22. The molecule has 14 heavy (non-hydrogen) atoms. The Balaban J connectivity index is 2.53. The fraction of sp³-hybridized carbons (Fsp3) is 0.364. The monoisotopic (exact) mass is 189 g/mol. The van der Waals surface area contributed by atoms with Crippen LogP contribution >= 0.6 is 0 Å². The number of para-hydroxylation sites is 1. The maximum absolute atomic E-state index is 6.08. The highest BCUT2D eigenvalue weighted by atomic mass is 15.1. The van der Waals surface area contributed by atoms with Crippen LogP contribution in [0.15, 0.2) is 24.3 Å². The van der Waals surface area contributed by atoms with Crippen molar-refractivity contribution in [3.05, 3.63) is 30.0 Å². The SMILES string of the molecule is CC(C)C(N)c1[nH]nc2ccccc12.